The van der Waals surface area contributed by atoms with Gasteiger partial charge in [0.25, 0.3) is 5.91 Å². The van der Waals surface area contributed by atoms with E-state index in [2.05, 4.69) is 15.4 Å². The molecule has 4 N–H and O–H groups in total. The molecule has 42 heavy (non-hydrogen) atoms. The molecule has 1 aliphatic heterocycles. The molecule has 2 aromatic carbocycles. The molecule has 2 atom stereocenters. The number of amides is 2. The first-order chi connectivity index (χ1) is 19.8. The number of ether oxygens (including phenoxy) is 1. The van der Waals surface area contributed by atoms with Gasteiger partial charge in [0, 0.05) is 11.1 Å². The zero-order chi connectivity index (χ0) is 30.4. The molecule has 13 heteroatoms. The molecule has 0 spiro atoms. The number of aliphatic hydroxyl groups is 1. The normalized spacial score (nSPS) is 17.7. The summed E-state index contributed by atoms with van der Waals surface area (Å²) < 4.78 is 64.6. The molecule has 5 rings (SSSR count). The van der Waals surface area contributed by atoms with Crippen LogP contribution in [0.15, 0.2) is 66.9 Å². The van der Waals surface area contributed by atoms with Gasteiger partial charge in [-0.3, -0.25) is 9.59 Å². The Bertz CT molecular complexity index is 1670. The summed E-state index contributed by atoms with van der Waals surface area (Å²) in [6.07, 6.45) is -4.13. The molecule has 1 aliphatic rings. The SMILES string of the molecule is Cc1c(C(=O)NCC(O)(c2cc3c(c(-c4ccc(F)cc4)n2)OC[C@]3(C)C(N)=O)C(F)(F)F)cnn1-c1ccccc1. The van der Waals surface area contributed by atoms with Gasteiger partial charge >= 0.3 is 6.18 Å². The van der Waals surface area contributed by atoms with E-state index in [4.69, 9.17) is 10.5 Å². The fourth-order valence-electron chi connectivity index (χ4n) is 4.70. The van der Waals surface area contributed by atoms with Gasteiger partial charge in [0.05, 0.1) is 35.4 Å². The van der Waals surface area contributed by atoms with Crippen LogP contribution in [0.5, 0.6) is 5.75 Å². The number of para-hydroxylation sites is 1. The van der Waals surface area contributed by atoms with Crippen LogP contribution in [0.1, 0.15) is 34.2 Å². The zero-order valence-corrected chi connectivity index (χ0v) is 22.4. The number of hydrogen-bond acceptors (Lipinski definition) is 6. The monoisotopic (exact) mass is 583 g/mol. The van der Waals surface area contributed by atoms with E-state index in [0.717, 1.165) is 18.2 Å². The Morgan fingerprint density at radius 3 is 2.43 bits per heavy atom. The Kier molecular flexibility index (Phi) is 7.01. The number of primary amides is 1. The number of fused-ring (bicyclic) bond motifs is 1. The molecule has 0 bridgehead atoms. The lowest BCUT2D eigenvalue weighted by molar-refractivity contribution is -0.265. The van der Waals surface area contributed by atoms with Gasteiger partial charge in [-0.2, -0.15) is 18.3 Å². The molecule has 2 amide bonds. The quantitative estimate of drug-likeness (QED) is 0.285. The molecule has 0 radical (unpaired) electrons. The van der Waals surface area contributed by atoms with Crippen molar-refractivity contribution in [2.75, 3.05) is 13.2 Å². The van der Waals surface area contributed by atoms with Gasteiger partial charge in [0.1, 0.15) is 29.3 Å². The van der Waals surface area contributed by atoms with Crippen molar-refractivity contribution in [2.45, 2.75) is 31.0 Å². The van der Waals surface area contributed by atoms with Crippen molar-refractivity contribution in [1.29, 1.82) is 0 Å². The van der Waals surface area contributed by atoms with Gasteiger partial charge in [0.15, 0.2) is 0 Å². The number of nitrogens with two attached hydrogens (primary N) is 1. The Balaban J connectivity index is 1.56. The van der Waals surface area contributed by atoms with Crippen LogP contribution in [-0.2, 0) is 15.8 Å². The highest BCUT2D eigenvalue weighted by molar-refractivity contribution is 5.95. The Morgan fingerprint density at radius 2 is 1.81 bits per heavy atom. The summed E-state index contributed by atoms with van der Waals surface area (Å²) in [7, 11) is 0. The van der Waals surface area contributed by atoms with E-state index in [-0.39, 0.29) is 34.7 Å². The predicted octanol–water partition coefficient (Wildman–Crippen LogP) is 3.70. The van der Waals surface area contributed by atoms with Crippen molar-refractivity contribution in [3.8, 4) is 22.7 Å². The van der Waals surface area contributed by atoms with Crippen molar-refractivity contribution in [2.24, 2.45) is 5.73 Å². The summed E-state index contributed by atoms with van der Waals surface area (Å²) in [4.78, 5) is 29.5. The molecule has 0 aliphatic carbocycles. The second-order valence-corrected chi connectivity index (χ2v) is 10.2. The van der Waals surface area contributed by atoms with Gasteiger partial charge in [-0.15, -0.1) is 0 Å². The minimum atomic E-state index is -5.34. The average Bonchev–Trinajstić information content (AvgIpc) is 3.52. The van der Waals surface area contributed by atoms with Gasteiger partial charge in [-0.25, -0.2) is 14.1 Å². The van der Waals surface area contributed by atoms with Crippen LogP contribution in [0.3, 0.4) is 0 Å². The fraction of sp³-hybridized carbons (Fsp3) is 0.241. The third-order valence-electron chi connectivity index (χ3n) is 7.39. The molecule has 0 saturated heterocycles. The molecule has 9 nitrogen and oxygen atoms in total. The molecule has 3 heterocycles. The largest absolute Gasteiger partial charge is 0.489 e. The van der Waals surface area contributed by atoms with Gasteiger partial charge in [0.2, 0.25) is 11.5 Å². The van der Waals surface area contributed by atoms with Crippen molar-refractivity contribution >= 4 is 11.8 Å². The van der Waals surface area contributed by atoms with E-state index in [1.54, 1.807) is 37.3 Å². The van der Waals surface area contributed by atoms with Crippen LogP contribution in [0, 0.1) is 12.7 Å². The van der Waals surface area contributed by atoms with E-state index in [1.165, 1.54) is 29.9 Å². The second kappa shape index (κ2) is 10.2. The fourth-order valence-corrected chi connectivity index (χ4v) is 4.70. The van der Waals surface area contributed by atoms with E-state index in [9.17, 15) is 32.3 Å². The number of nitrogens with zero attached hydrogens (tertiary/aromatic N) is 3. The van der Waals surface area contributed by atoms with E-state index < -0.39 is 47.1 Å². The number of nitrogens with one attached hydrogen (secondary N) is 1. The number of halogens is 4. The summed E-state index contributed by atoms with van der Waals surface area (Å²) in [5.41, 5.74) is 0.358. The molecular weight excluding hydrogens is 558 g/mol. The average molecular weight is 584 g/mol. The molecule has 218 valence electrons. The van der Waals surface area contributed by atoms with Gasteiger partial charge < -0.3 is 20.9 Å². The predicted molar refractivity (Wildman–Crippen MR) is 142 cm³/mol. The zero-order valence-electron chi connectivity index (χ0n) is 22.4. The van der Waals surface area contributed by atoms with Crippen LogP contribution in [-0.4, -0.2) is 51.0 Å². The number of carbonyl (C=O) groups excluding carboxylic acids is 2. The summed E-state index contributed by atoms with van der Waals surface area (Å²) in [5.74, 6) is -2.42. The highest BCUT2D eigenvalue weighted by Gasteiger charge is 2.57. The lowest BCUT2D eigenvalue weighted by Crippen LogP contribution is -2.52. The van der Waals surface area contributed by atoms with Crippen molar-refractivity contribution in [1.82, 2.24) is 20.1 Å². The van der Waals surface area contributed by atoms with Crippen LogP contribution >= 0.6 is 0 Å². The third kappa shape index (κ3) is 4.75. The number of carbonyl (C=O) groups is 2. The van der Waals surface area contributed by atoms with Crippen LogP contribution in [0.2, 0.25) is 0 Å². The standard InChI is InChI=1S/C29H25F4N5O4/c1-16-20(13-36-38(16)19-6-4-3-5-7-19)25(39)35-14-28(41,29(31,32)33)22-12-21-24(42-15-27(21,2)26(34)40)23(37-22)17-8-10-18(30)11-9-17/h3-13,41H,14-15H2,1-2H3,(H2,34,40)(H,35,39)/t27-,28?/m0/s1. The first kappa shape index (κ1) is 28.7. The summed E-state index contributed by atoms with van der Waals surface area (Å²) in [6, 6.07) is 14.4. The maximum atomic E-state index is 14.6. The Morgan fingerprint density at radius 1 is 1.14 bits per heavy atom. The summed E-state index contributed by atoms with van der Waals surface area (Å²) >= 11 is 0. The second-order valence-electron chi connectivity index (χ2n) is 10.2. The van der Waals surface area contributed by atoms with Crippen LogP contribution < -0.4 is 15.8 Å². The van der Waals surface area contributed by atoms with Gasteiger partial charge in [-0.1, -0.05) is 18.2 Å². The number of benzene rings is 2. The first-order valence-corrected chi connectivity index (χ1v) is 12.7. The first-order valence-electron chi connectivity index (χ1n) is 12.7. The molecule has 4 aromatic rings. The van der Waals surface area contributed by atoms with Gasteiger partial charge in [-0.05, 0) is 56.3 Å². The minimum Gasteiger partial charge on any atom is -0.489 e. The smallest absolute Gasteiger partial charge is 0.424 e. The maximum Gasteiger partial charge on any atom is 0.424 e. The summed E-state index contributed by atoms with van der Waals surface area (Å²) in [5, 5.41) is 17.5. The summed E-state index contributed by atoms with van der Waals surface area (Å²) in [6.45, 7) is 1.35. The van der Waals surface area contributed by atoms with Crippen LogP contribution in [0.25, 0.3) is 16.9 Å². The Hall–Kier alpha value is -4.78. The lowest BCUT2D eigenvalue weighted by atomic mass is 9.81. The highest BCUT2D eigenvalue weighted by atomic mass is 19.4. The molecule has 2 aromatic heterocycles. The lowest BCUT2D eigenvalue weighted by Gasteiger charge is -2.31. The molecule has 1 unspecified atom stereocenters. The van der Waals surface area contributed by atoms with Crippen molar-refractivity contribution in [3.05, 3.63) is 95.2 Å². The highest BCUT2D eigenvalue weighted by Crippen LogP contribution is 2.47. The molecule has 0 saturated carbocycles. The minimum absolute atomic E-state index is 0.00741. The topological polar surface area (TPSA) is 132 Å². The Labute approximate surface area is 236 Å². The van der Waals surface area contributed by atoms with Crippen molar-refractivity contribution in [3.63, 3.8) is 0 Å². The third-order valence-corrected chi connectivity index (χ3v) is 7.39. The number of hydrogen-bond donors (Lipinski definition) is 3. The molecule has 0 fully saturated rings. The number of alkyl halides is 3. The number of aromatic nitrogens is 3. The van der Waals surface area contributed by atoms with E-state index >= 15 is 0 Å². The van der Waals surface area contributed by atoms with E-state index in [1.807, 2.05) is 0 Å². The van der Waals surface area contributed by atoms with Crippen LogP contribution in [0.4, 0.5) is 17.6 Å². The van der Waals surface area contributed by atoms with E-state index in [0.29, 0.717) is 11.4 Å². The van der Waals surface area contributed by atoms with Crippen molar-refractivity contribution < 1.29 is 37.0 Å². The molecular formula is C29H25F4N5O4. The number of pyridine rings is 1. The number of rotatable bonds is 7. The maximum absolute atomic E-state index is 14.6.